The van der Waals surface area contributed by atoms with E-state index in [-0.39, 0.29) is 0 Å². The van der Waals surface area contributed by atoms with Crippen molar-refractivity contribution in [1.29, 1.82) is 0 Å². The molecular formula is C16H20N4O. The first-order valence-electron chi connectivity index (χ1n) is 7.24. The zero-order valence-electron chi connectivity index (χ0n) is 12.2. The van der Waals surface area contributed by atoms with E-state index in [1.807, 2.05) is 37.5 Å². The van der Waals surface area contributed by atoms with Crippen LogP contribution in [0.2, 0.25) is 0 Å². The Kier molecular flexibility index (Phi) is 4.01. The molecule has 1 aromatic carbocycles. The molecule has 0 bridgehead atoms. The monoisotopic (exact) mass is 284 g/mol. The highest BCUT2D eigenvalue weighted by Crippen LogP contribution is 2.21. The fourth-order valence-corrected chi connectivity index (χ4v) is 2.58. The lowest BCUT2D eigenvalue weighted by Gasteiger charge is -2.35. The number of rotatable bonds is 3. The van der Waals surface area contributed by atoms with Gasteiger partial charge in [0.25, 0.3) is 0 Å². The van der Waals surface area contributed by atoms with Crippen LogP contribution in [-0.2, 0) is 6.54 Å². The highest BCUT2D eigenvalue weighted by atomic mass is 16.3. The molecule has 0 unspecified atom stereocenters. The Hall–Kier alpha value is -2.14. The Morgan fingerprint density at radius 3 is 2.57 bits per heavy atom. The summed E-state index contributed by atoms with van der Waals surface area (Å²) in [5.74, 6) is 0.324. The first-order chi connectivity index (χ1) is 10.2. The summed E-state index contributed by atoms with van der Waals surface area (Å²) in [6.45, 7) is 6.70. The molecule has 0 radical (unpaired) electrons. The van der Waals surface area contributed by atoms with Gasteiger partial charge in [0.1, 0.15) is 5.75 Å². The van der Waals surface area contributed by atoms with Gasteiger partial charge >= 0.3 is 0 Å². The van der Waals surface area contributed by atoms with Gasteiger partial charge in [-0.15, -0.1) is 0 Å². The van der Waals surface area contributed by atoms with E-state index in [0.29, 0.717) is 5.75 Å². The number of hydrogen-bond acceptors (Lipinski definition) is 5. The summed E-state index contributed by atoms with van der Waals surface area (Å²) in [6.07, 6.45) is 3.68. The zero-order chi connectivity index (χ0) is 14.7. The average molecular weight is 284 g/mol. The van der Waals surface area contributed by atoms with E-state index in [9.17, 15) is 5.11 Å². The van der Waals surface area contributed by atoms with Crippen LogP contribution in [0.15, 0.2) is 36.7 Å². The molecule has 110 valence electrons. The molecule has 1 aliphatic rings. The second-order valence-corrected chi connectivity index (χ2v) is 5.43. The fourth-order valence-electron chi connectivity index (χ4n) is 2.58. The molecule has 1 fully saturated rings. The van der Waals surface area contributed by atoms with Crippen LogP contribution in [0.25, 0.3) is 0 Å². The van der Waals surface area contributed by atoms with Crippen molar-refractivity contribution in [3.05, 3.63) is 48.0 Å². The number of hydrogen-bond donors (Lipinski definition) is 1. The fraction of sp³-hybridized carbons (Fsp3) is 0.375. The number of nitrogens with zero attached hydrogens (tertiary/aromatic N) is 4. The molecule has 3 rings (SSSR count). The third-order valence-electron chi connectivity index (χ3n) is 3.79. The predicted molar refractivity (Wildman–Crippen MR) is 82.4 cm³/mol. The molecule has 2 aromatic rings. The van der Waals surface area contributed by atoms with Crippen LogP contribution in [-0.4, -0.2) is 46.2 Å². The van der Waals surface area contributed by atoms with Gasteiger partial charge in [0.15, 0.2) is 0 Å². The number of aromatic hydroxyl groups is 1. The summed E-state index contributed by atoms with van der Waals surface area (Å²) < 4.78 is 0. The molecule has 5 heteroatoms. The molecular weight excluding hydrogens is 264 g/mol. The van der Waals surface area contributed by atoms with Crippen molar-refractivity contribution in [3.8, 4) is 5.75 Å². The van der Waals surface area contributed by atoms with Crippen molar-refractivity contribution in [2.45, 2.75) is 13.5 Å². The van der Waals surface area contributed by atoms with Gasteiger partial charge in [0.05, 0.1) is 11.4 Å². The van der Waals surface area contributed by atoms with Gasteiger partial charge in [0.2, 0.25) is 0 Å². The predicted octanol–water partition coefficient (Wildman–Crippen LogP) is 1.81. The largest absolute Gasteiger partial charge is 0.508 e. The normalized spacial score (nSPS) is 16.1. The van der Waals surface area contributed by atoms with E-state index in [1.165, 1.54) is 0 Å². The number of benzene rings is 1. The van der Waals surface area contributed by atoms with Gasteiger partial charge in [-0.1, -0.05) is 6.07 Å². The third kappa shape index (κ3) is 3.49. The van der Waals surface area contributed by atoms with Crippen molar-refractivity contribution in [1.82, 2.24) is 14.9 Å². The molecule has 0 aliphatic carbocycles. The second-order valence-electron chi connectivity index (χ2n) is 5.43. The molecule has 0 amide bonds. The molecule has 1 saturated heterocycles. The molecule has 1 aromatic heterocycles. The first-order valence-corrected chi connectivity index (χ1v) is 7.24. The molecule has 5 nitrogen and oxygen atoms in total. The van der Waals surface area contributed by atoms with E-state index in [1.54, 1.807) is 6.07 Å². The Morgan fingerprint density at radius 1 is 1.10 bits per heavy atom. The van der Waals surface area contributed by atoms with E-state index in [2.05, 4.69) is 19.8 Å². The van der Waals surface area contributed by atoms with Crippen molar-refractivity contribution < 1.29 is 5.11 Å². The Balaban J connectivity index is 1.56. The highest BCUT2D eigenvalue weighted by molar-refractivity contribution is 5.50. The lowest BCUT2D eigenvalue weighted by atomic mass is 10.2. The smallest absolute Gasteiger partial charge is 0.117 e. The minimum atomic E-state index is 0.324. The summed E-state index contributed by atoms with van der Waals surface area (Å²) in [7, 11) is 0. The molecule has 1 N–H and O–H groups in total. The van der Waals surface area contributed by atoms with Crippen LogP contribution < -0.4 is 4.90 Å². The highest BCUT2D eigenvalue weighted by Gasteiger charge is 2.17. The Morgan fingerprint density at radius 2 is 1.90 bits per heavy atom. The topological polar surface area (TPSA) is 52.5 Å². The summed E-state index contributed by atoms with van der Waals surface area (Å²) >= 11 is 0. The zero-order valence-corrected chi connectivity index (χ0v) is 12.2. The van der Waals surface area contributed by atoms with E-state index in [0.717, 1.165) is 49.8 Å². The van der Waals surface area contributed by atoms with Crippen LogP contribution in [0.4, 0.5) is 5.69 Å². The van der Waals surface area contributed by atoms with E-state index in [4.69, 9.17) is 0 Å². The number of piperazine rings is 1. The van der Waals surface area contributed by atoms with Gasteiger partial charge in [-0.25, -0.2) is 0 Å². The van der Waals surface area contributed by atoms with Gasteiger partial charge in [0, 0.05) is 56.9 Å². The minimum Gasteiger partial charge on any atom is -0.508 e. The summed E-state index contributed by atoms with van der Waals surface area (Å²) in [5.41, 5.74) is 3.06. The van der Waals surface area contributed by atoms with Gasteiger partial charge in [-0.3, -0.25) is 14.9 Å². The number of anilines is 1. The number of aryl methyl sites for hydroxylation is 1. The van der Waals surface area contributed by atoms with Crippen molar-refractivity contribution in [3.63, 3.8) is 0 Å². The molecule has 2 heterocycles. The number of aromatic nitrogens is 2. The van der Waals surface area contributed by atoms with Gasteiger partial charge in [-0.2, -0.15) is 0 Å². The quantitative estimate of drug-likeness (QED) is 0.931. The number of phenols is 1. The van der Waals surface area contributed by atoms with Crippen molar-refractivity contribution >= 4 is 5.69 Å². The average Bonchev–Trinajstić information content (AvgIpc) is 2.50. The Bertz CT molecular complexity index is 591. The molecule has 0 atom stereocenters. The molecule has 0 saturated carbocycles. The third-order valence-corrected chi connectivity index (χ3v) is 3.79. The Labute approximate surface area is 124 Å². The number of phenolic OH excluding ortho intramolecular Hbond substituents is 1. The standard InChI is InChI=1S/C16H20N4O/c1-13-10-18-14(11-17-13)12-19-5-7-20(8-6-19)15-3-2-4-16(21)9-15/h2-4,9-11,21H,5-8,12H2,1H3. The van der Waals surface area contributed by atoms with Crippen LogP contribution in [0.1, 0.15) is 11.4 Å². The van der Waals surface area contributed by atoms with Crippen LogP contribution in [0, 0.1) is 6.92 Å². The van der Waals surface area contributed by atoms with E-state index < -0.39 is 0 Å². The first kappa shape index (κ1) is 13.8. The van der Waals surface area contributed by atoms with Crippen LogP contribution in [0.5, 0.6) is 5.75 Å². The van der Waals surface area contributed by atoms with E-state index >= 15 is 0 Å². The summed E-state index contributed by atoms with van der Waals surface area (Å²) in [4.78, 5) is 13.4. The van der Waals surface area contributed by atoms with Crippen molar-refractivity contribution in [2.75, 3.05) is 31.1 Å². The maximum Gasteiger partial charge on any atom is 0.117 e. The van der Waals surface area contributed by atoms with Gasteiger partial charge in [-0.05, 0) is 19.1 Å². The molecule has 21 heavy (non-hydrogen) atoms. The molecule has 0 spiro atoms. The minimum absolute atomic E-state index is 0.324. The van der Waals surface area contributed by atoms with Crippen LogP contribution >= 0.6 is 0 Å². The lowest BCUT2D eigenvalue weighted by Crippen LogP contribution is -2.46. The SMILES string of the molecule is Cc1cnc(CN2CCN(c3cccc(O)c3)CC2)cn1. The summed E-state index contributed by atoms with van der Waals surface area (Å²) in [6, 6.07) is 7.46. The maximum absolute atomic E-state index is 9.56. The maximum atomic E-state index is 9.56. The van der Waals surface area contributed by atoms with Crippen molar-refractivity contribution in [2.24, 2.45) is 0 Å². The van der Waals surface area contributed by atoms with Crippen LogP contribution in [0.3, 0.4) is 0 Å². The van der Waals surface area contributed by atoms with Gasteiger partial charge < -0.3 is 10.0 Å². The second kappa shape index (κ2) is 6.10. The lowest BCUT2D eigenvalue weighted by molar-refractivity contribution is 0.246. The molecule has 1 aliphatic heterocycles. The summed E-state index contributed by atoms with van der Waals surface area (Å²) in [5, 5.41) is 9.56.